The predicted molar refractivity (Wildman–Crippen MR) is 69.7 cm³/mol. The topological polar surface area (TPSA) is 26.0 Å². The molecule has 1 atom stereocenters. The highest BCUT2D eigenvalue weighted by Gasteiger charge is 2.21. The lowest BCUT2D eigenvalue weighted by Gasteiger charge is -2.28. The first-order valence-electron chi connectivity index (χ1n) is 6.20. The van der Waals surface area contributed by atoms with Crippen molar-refractivity contribution >= 4 is 11.6 Å². The highest BCUT2D eigenvalue weighted by Crippen LogP contribution is 2.33. The summed E-state index contributed by atoms with van der Waals surface area (Å²) in [7, 11) is 0. The Morgan fingerprint density at radius 3 is 2.56 bits per heavy atom. The molecule has 2 rings (SSSR count). The summed E-state index contributed by atoms with van der Waals surface area (Å²) >= 11 is 6.03. The Morgan fingerprint density at radius 2 is 1.94 bits per heavy atom. The molecule has 0 bridgehead atoms. The van der Waals surface area contributed by atoms with Crippen LogP contribution in [0.4, 0.5) is 0 Å². The molecule has 2 N–H and O–H groups in total. The molecule has 1 saturated carbocycles. The molecule has 0 aromatic heterocycles. The summed E-state index contributed by atoms with van der Waals surface area (Å²) in [4.78, 5) is 0. The van der Waals surface area contributed by atoms with Gasteiger partial charge in [-0.1, -0.05) is 43.0 Å². The van der Waals surface area contributed by atoms with E-state index in [1.54, 1.807) is 0 Å². The molecule has 1 nitrogen and oxygen atoms in total. The molecule has 0 spiro atoms. The van der Waals surface area contributed by atoms with Crippen LogP contribution in [0.15, 0.2) is 18.2 Å². The van der Waals surface area contributed by atoms with E-state index in [0.717, 1.165) is 10.6 Å². The Hall–Kier alpha value is -0.530. The molecule has 1 aliphatic rings. The number of nitrogens with two attached hydrogens (primary N) is 1. The summed E-state index contributed by atoms with van der Waals surface area (Å²) in [5.74, 6) is 0.661. The molecule has 1 aromatic rings. The minimum atomic E-state index is 0.191. The fourth-order valence-corrected chi connectivity index (χ4v) is 2.76. The van der Waals surface area contributed by atoms with Crippen LogP contribution in [0.3, 0.4) is 0 Å². The molecule has 1 unspecified atom stereocenters. The Morgan fingerprint density at radius 1 is 1.25 bits per heavy atom. The quantitative estimate of drug-likeness (QED) is 0.819. The van der Waals surface area contributed by atoms with Crippen molar-refractivity contribution in [3.8, 4) is 0 Å². The van der Waals surface area contributed by atoms with Crippen molar-refractivity contribution < 1.29 is 0 Å². The zero-order valence-corrected chi connectivity index (χ0v) is 10.6. The fraction of sp³-hybridized carbons (Fsp3) is 0.571. The van der Waals surface area contributed by atoms with Gasteiger partial charge in [0.1, 0.15) is 0 Å². The van der Waals surface area contributed by atoms with Crippen LogP contribution in [0.1, 0.15) is 49.3 Å². The van der Waals surface area contributed by atoms with E-state index in [0.29, 0.717) is 5.92 Å². The van der Waals surface area contributed by atoms with Gasteiger partial charge in [0.25, 0.3) is 0 Å². The number of benzene rings is 1. The standard InChI is InChI=1S/C14H20ClN/c1-10-9-12(7-8-13(10)15)14(16)11-5-3-2-4-6-11/h7-9,11,14H,2-6,16H2,1H3. The third-order valence-corrected chi connectivity index (χ3v) is 4.15. The lowest BCUT2D eigenvalue weighted by Crippen LogP contribution is -2.23. The molecule has 0 heterocycles. The van der Waals surface area contributed by atoms with Crippen LogP contribution >= 0.6 is 11.6 Å². The largest absolute Gasteiger partial charge is 0.324 e. The van der Waals surface area contributed by atoms with E-state index in [9.17, 15) is 0 Å². The van der Waals surface area contributed by atoms with Gasteiger partial charge in [-0.3, -0.25) is 0 Å². The lowest BCUT2D eigenvalue weighted by molar-refractivity contribution is 0.308. The number of rotatable bonds is 2. The Kier molecular flexibility index (Phi) is 3.88. The van der Waals surface area contributed by atoms with Crippen LogP contribution in [0.2, 0.25) is 5.02 Å². The van der Waals surface area contributed by atoms with Crippen LogP contribution < -0.4 is 5.73 Å². The van der Waals surface area contributed by atoms with E-state index in [4.69, 9.17) is 17.3 Å². The third kappa shape index (κ3) is 2.58. The number of halogens is 1. The molecule has 1 fully saturated rings. The smallest absolute Gasteiger partial charge is 0.0435 e. The monoisotopic (exact) mass is 237 g/mol. The third-order valence-electron chi connectivity index (χ3n) is 3.72. The molecule has 88 valence electrons. The number of aryl methyl sites for hydroxylation is 1. The minimum Gasteiger partial charge on any atom is -0.324 e. The first kappa shape index (κ1) is 11.9. The van der Waals surface area contributed by atoms with E-state index in [1.807, 2.05) is 13.0 Å². The van der Waals surface area contributed by atoms with Gasteiger partial charge in [-0.15, -0.1) is 0 Å². The van der Waals surface area contributed by atoms with Gasteiger partial charge in [-0.05, 0) is 42.9 Å². The lowest BCUT2D eigenvalue weighted by atomic mass is 9.81. The second kappa shape index (κ2) is 5.20. The maximum atomic E-state index is 6.35. The van der Waals surface area contributed by atoms with Crippen molar-refractivity contribution in [1.29, 1.82) is 0 Å². The molecule has 2 heteroatoms. The maximum absolute atomic E-state index is 6.35. The Labute approximate surface area is 103 Å². The molecule has 0 amide bonds. The molecule has 0 saturated heterocycles. The summed E-state index contributed by atoms with van der Waals surface area (Å²) in [6, 6.07) is 6.38. The van der Waals surface area contributed by atoms with E-state index in [-0.39, 0.29) is 6.04 Å². The van der Waals surface area contributed by atoms with E-state index in [2.05, 4.69) is 12.1 Å². The van der Waals surface area contributed by atoms with Gasteiger partial charge in [0.15, 0.2) is 0 Å². The van der Waals surface area contributed by atoms with Crippen molar-refractivity contribution in [3.05, 3.63) is 34.3 Å². The van der Waals surface area contributed by atoms with Crippen molar-refractivity contribution in [1.82, 2.24) is 0 Å². The van der Waals surface area contributed by atoms with Crippen LogP contribution in [0.25, 0.3) is 0 Å². The van der Waals surface area contributed by atoms with E-state index < -0.39 is 0 Å². The zero-order chi connectivity index (χ0) is 11.5. The van der Waals surface area contributed by atoms with Crippen LogP contribution in [0.5, 0.6) is 0 Å². The van der Waals surface area contributed by atoms with Gasteiger partial charge < -0.3 is 5.73 Å². The molecule has 1 aromatic carbocycles. The van der Waals surface area contributed by atoms with Crippen LogP contribution in [-0.2, 0) is 0 Å². The molecular formula is C14H20ClN. The first-order chi connectivity index (χ1) is 7.68. The summed E-state index contributed by atoms with van der Waals surface area (Å²) in [5, 5.41) is 0.833. The molecule has 0 radical (unpaired) electrons. The van der Waals surface area contributed by atoms with Crippen molar-refractivity contribution in [2.75, 3.05) is 0 Å². The average molecular weight is 238 g/mol. The van der Waals surface area contributed by atoms with Gasteiger partial charge >= 0.3 is 0 Å². The normalized spacial score (nSPS) is 19.7. The second-order valence-electron chi connectivity index (χ2n) is 4.93. The summed E-state index contributed by atoms with van der Waals surface area (Å²) in [6.45, 7) is 2.04. The molecule has 16 heavy (non-hydrogen) atoms. The van der Waals surface area contributed by atoms with Crippen LogP contribution in [0, 0.1) is 12.8 Å². The molecule has 1 aliphatic carbocycles. The summed E-state index contributed by atoms with van der Waals surface area (Å²) in [6.07, 6.45) is 6.62. The number of hydrogen-bond acceptors (Lipinski definition) is 1. The maximum Gasteiger partial charge on any atom is 0.0435 e. The SMILES string of the molecule is Cc1cc(C(N)C2CCCCC2)ccc1Cl. The van der Waals surface area contributed by atoms with Gasteiger partial charge in [-0.25, -0.2) is 0 Å². The predicted octanol–water partition coefficient (Wildman–Crippen LogP) is 4.23. The van der Waals surface area contributed by atoms with Gasteiger partial charge in [0, 0.05) is 11.1 Å². The van der Waals surface area contributed by atoms with Crippen molar-refractivity contribution in [3.63, 3.8) is 0 Å². The highest BCUT2D eigenvalue weighted by atomic mass is 35.5. The minimum absolute atomic E-state index is 0.191. The second-order valence-corrected chi connectivity index (χ2v) is 5.34. The van der Waals surface area contributed by atoms with E-state index >= 15 is 0 Å². The molecular weight excluding hydrogens is 218 g/mol. The highest BCUT2D eigenvalue weighted by molar-refractivity contribution is 6.31. The Bertz CT molecular complexity index is 356. The van der Waals surface area contributed by atoms with Gasteiger partial charge in [0.05, 0.1) is 0 Å². The fourth-order valence-electron chi connectivity index (χ4n) is 2.64. The van der Waals surface area contributed by atoms with Crippen LogP contribution in [-0.4, -0.2) is 0 Å². The average Bonchev–Trinajstić information content (AvgIpc) is 2.33. The van der Waals surface area contributed by atoms with Gasteiger partial charge in [-0.2, -0.15) is 0 Å². The summed E-state index contributed by atoms with van der Waals surface area (Å²) < 4.78 is 0. The Balaban J connectivity index is 2.12. The number of hydrogen-bond donors (Lipinski definition) is 1. The van der Waals surface area contributed by atoms with Gasteiger partial charge in [0.2, 0.25) is 0 Å². The van der Waals surface area contributed by atoms with Crippen molar-refractivity contribution in [2.45, 2.75) is 45.1 Å². The summed E-state index contributed by atoms with van der Waals surface area (Å²) in [5.41, 5.74) is 8.72. The molecule has 0 aliphatic heterocycles. The van der Waals surface area contributed by atoms with Crippen molar-refractivity contribution in [2.24, 2.45) is 11.7 Å². The first-order valence-corrected chi connectivity index (χ1v) is 6.58. The van der Waals surface area contributed by atoms with E-state index in [1.165, 1.54) is 37.7 Å². The zero-order valence-electron chi connectivity index (χ0n) is 9.88.